The summed E-state index contributed by atoms with van der Waals surface area (Å²) in [5, 5.41) is 15.4. The van der Waals surface area contributed by atoms with Crippen molar-refractivity contribution in [1.82, 2.24) is 5.32 Å². The minimum Gasteiger partial charge on any atom is -0.392 e. The number of hydrogen-bond donors (Lipinski definition) is 3. The van der Waals surface area contributed by atoms with E-state index >= 15 is 0 Å². The summed E-state index contributed by atoms with van der Waals surface area (Å²) in [7, 11) is 0. The SMILES string of the molecule is CC(=O)Nc1cccc(C(C)NC(=O)C2CCCC2O)c1. The van der Waals surface area contributed by atoms with Crippen molar-refractivity contribution in [3.8, 4) is 0 Å². The van der Waals surface area contributed by atoms with Gasteiger partial charge in [-0.1, -0.05) is 12.1 Å². The fourth-order valence-corrected chi connectivity index (χ4v) is 2.74. The number of amides is 2. The van der Waals surface area contributed by atoms with Crippen molar-refractivity contribution < 1.29 is 14.7 Å². The maximum Gasteiger partial charge on any atom is 0.226 e. The van der Waals surface area contributed by atoms with Gasteiger partial charge in [0.25, 0.3) is 0 Å². The van der Waals surface area contributed by atoms with Crippen molar-refractivity contribution in [2.24, 2.45) is 5.92 Å². The highest BCUT2D eigenvalue weighted by molar-refractivity contribution is 5.88. The van der Waals surface area contributed by atoms with E-state index in [0.717, 1.165) is 18.4 Å². The standard InChI is InChI=1S/C16H22N2O3/c1-10(17-16(21)14-7-4-8-15(14)20)12-5-3-6-13(9-12)18-11(2)19/h3,5-6,9-10,14-15,20H,4,7-8H2,1-2H3,(H,17,21)(H,18,19). The van der Waals surface area contributed by atoms with E-state index in [1.165, 1.54) is 6.92 Å². The van der Waals surface area contributed by atoms with Crippen LogP contribution in [0.1, 0.15) is 44.7 Å². The molecule has 1 aromatic carbocycles. The summed E-state index contributed by atoms with van der Waals surface area (Å²) in [6.07, 6.45) is 1.81. The lowest BCUT2D eigenvalue weighted by Crippen LogP contribution is -2.36. The van der Waals surface area contributed by atoms with Crippen molar-refractivity contribution in [3.05, 3.63) is 29.8 Å². The van der Waals surface area contributed by atoms with Crippen LogP contribution in [0, 0.1) is 5.92 Å². The second-order valence-corrected chi connectivity index (χ2v) is 5.64. The number of carbonyl (C=O) groups excluding carboxylic acids is 2. The molecule has 1 saturated carbocycles. The average Bonchev–Trinajstić information content (AvgIpc) is 2.84. The van der Waals surface area contributed by atoms with Crippen LogP contribution in [-0.2, 0) is 9.59 Å². The number of aliphatic hydroxyl groups excluding tert-OH is 1. The first-order valence-electron chi connectivity index (χ1n) is 7.33. The van der Waals surface area contributed by atoms with Crippen LogP contribution in [0.25, 0.3) is 0 Å². The maximum atomic E-state index is 12.2. The van der Waals surface area contributed by atoms with Crippen molar-refractivity contribution in [1.29, 1.82) is 0 Å². The third kappa shape index (κ3) is 4.04. The van der Waals surface area contributed by atoms with Gasteiger partial charge in [0.1, 0.15) is 0 Å². The van der Waals surface area contributed by atoms with Crippen LogP contribution in [0.3, 0.4) is 0 Å². The topological polar surface area (TPSA) is 78.4 Å². The van der Waals surface area contributed by atoms with Gasteiger partial charge in [-0.2, -0.15) is 0 Å². The summed E-state index contributed by atoms with van der Waals surface area (Å²) < 4.78 is 0. The van der Waals surface area contributed by atoms with Gasteiger partial charge in [-0.05, 0) is 43.9 Å². The van der Waals surface area contributed by atoms with Gasteiger partial charge >= 0.3 is 0 Å². The first-order chi connectivity index (χ1) is 9.97. The summed E-state index contributed by atoms with van der Waals surface area (Å²) in [6.45, 7) is 3.35. The third-order valence-electron chi connectivity index (χ3n) is 3.88. The van der Waals surface area contributed by atoms with Gasteiger partial charge in [0.15, 0.2) is 0 Å². The summed E-state index contributed by atoms with van der Waals surface area (Å²) in [5.74, 6) is -0.527. The van der Waals surface area contributed by atoms with Crippen LogP contribution in [0.15, 0.2) is 24.3 Å². The Morgan fingerprint density at radius 1 is 1.33 bits per heavy atom. The number of carbonyl (C=O) groups is 2. The third-order valence-corrected chi connectivity index (χ3v) is 3.88. The Balaban J connectivity index is 2.01. The number of anilines is 1. The Labute approximate surface area is 124 Å². The van der Waals surface area contributed by atoms with Crippen LogP contribution < -0.4 is 10.6 Å². The zero-order valence-electron chi connectivity index (χ0n) is 12.4. The van der Waals surface area contributed by atoms with E-state index in [0.29, 0.717) is 12.1 Å². The van der Waals surface area contributed by atoms with Crippen molar-refractivity contribution in [2.45, 2.75) is 45.3 Å². The van der Waals surface area contributed by atoms with Crippen molar-refractivity contribution >= 4 is 17.5 Å². The highest BCUT2D eigenvalue weighted by Crippen LogP contribution is 2.26. The molecule has 5 heteroatoms. The van der Waals surface area contributed by atoms with Crippen LogP contribution >= 0.6 is 0 Å². The summed E-state index contributed by atoms with van der Waals surface area (Å²) in [6, 6.07) is 7.23. The zero-order valence-corrected chi connectivity index (χ0v) is 12.4. The Morgan fingerprint density at radius 3 is 2.71 bits per heavy atom. The van der Waals surface area contributed by atoms with Crippen LogP contribution in [0.4, 0.5) is 5.69 Å². The van der Waals surface area contributed by atoms with E-state index in [4.69, 9.17) is 0 Å². The molecule has 3 unspecified atom stereocenters. The number of rotatable bonds is 4. The number of hydrogen-bond acceptors (Lipinski definition) is 3. The maximum absolute atomic E-state index is 12.2. The van der Waals surface area contributed by atoms with E-state index in [1.807, 2.05) is 25.1 Å². The molecule has 0 aliphatic heterocycles. The van der Waals surface area contributed by atoms with E-state index in [9.17, 15) is 14.7 Å². The molecular weight excluding hydrogens is 268 g/mol. The summed E-state index contributed by atoms with van der Waals surface area (Å²) in [4.78, 5) is 23.2. The van der Waals surface area contributed by atoms with E-state index in [2.05, 4.69) is 10.6 Å². The molecule has 0 bridgehead atoms. The lowest BCUT2D eigenvalue weighted by Gasteiger charge is -2.20. The van der Waals surface area contributed by atoms with Crippen LogP contribution in [0.5, 0.6) is 0 Å². The first-order valence-corrected chi connectivity index (χ1v) is 7.33. The molecule has 0 saturated heterocycles. The molecular formula is C16H22N2O3. The molecule has 2 rings (SSSR count). The molecule has 1 aromatic rings. The normalized spacial score (nSPS) is 22.6. The molecule has 1 fully saturated rings. The van der Waals surface area contributed by atoms with Gasteiger partial charge in [0.2, 0.25) is 11.8 Å². The van der Waals surface area contributed by atoms with Crippen LogP contribution in [0.2, 0.25) is 0 Å². The molecule has 0 aromatic heterocycles. The van der Waals surface area contributed by atoms with Gasteiger partial charge in [-0.15, -0.1) is 0 Å². The van der Waals surface area contributed by atoms with E-state index in [1.54, 1.807) is 6.07 Å². The van der Waals surface area contributed by atoms with Gasteiger partial charge in [-0.25, -0.2) is 0 Å². The van der Waals surface area contributed by atoms with E-state index in [-0.39, 0.29) is 23.8 Å². The Morgan fingerprint density at radius 2 is 2.10 bits per heavy atom. The fourth-order valence-electron chi connectivity index (χ4n) is 2.74. The zero-order chi connectivity index (χ0) is 15.4. The Hall–Kier alpha value is -1.88. The summed E-state index contributed by atoms with van der Waals surface area (Å²) >= 11 is 0. The minimum atomic E-state index is -0.525. The fraction of sp³-hybridized carbons (Fsp3) is 0.500. The van der Waals surface area contributed by atoms with Crippen molar-refractivity contribution in [3.63, 3.8) is 0 Å². The van der Waals surface area contributed by atoms with Gasteiger partial charge in [-0.3, -0.25) is 9.59 Å². The second-order valence-electron chi connectivity index (χ2n) is 5.64. The molecule has 1 aliphatic rings. The molecule has 3 atom stereocenters. The largest absolute Gasteiger partial charge is 0.392 e. The number of aliphatic hydroxyl groups is 1. The Kier molecular flexibility index (Phi) is 4.96. The highest BCUT2D eigenvalue weighted by atomic mass is 16.3. The smallest absolute Gasteiger partial charge is 0.226 e. The van der Waals surface area contributed by atoms with Gasteiger partial charge in [0.05, 0.1) is 18.1 Å². The lowest BCUT2D eigenvalue weighted by atomic mass is 10.0. The highest BCUT2D eigenvalue weighted by Gasteiger charge is 2.32. The molecule has 0 radical (unpaired) electrons. The van der Waals surface area contributed by atoms with Gasteiger partial charge in [0, 0.05) is 12.6 Å². The monoisotopic (exact) mass is 290 g/mol. The predicted molar refractivity (Wildman–Crippen MR) is 80.7 cm³/mol. The summed E-state index contributed by atoms with van der Waals surface area (Å²) in [5.41, 5.74) is 1.63. The average molecular weight is 290 g/mol. The molecule has 1 aliphatic carbocycles. The first kappa shape index (κ1) is 15.5. The molecule has 21 heavy (non-hydrogen) atoms. The molecule has 2 amide bonds. The van der Waals surface area contributed by atoms with Crippen LogP contribution in [-0.4, -0.2) is 23.0 Å². The Bertz CT molecular complexity index is 530. The molecule has 114 valence electrons. The van der Waals surface area contributed by atoms with Gasteiger partial charge < -0.3 is 15.7 Å². The number of benzene rings is 1. The van der Waals surface area contributed by atoms with E-state index < -0.39 is 6.10 Å². The lowest BCUT2D eigenvalue weighted by molar-refractivity contribution is -0.128. The molecule has 5 nitrogen and oxygen atoms in total. The molecule has 3 N–H and O–H groups in total. The molecule has 0 heterocycles. The number of nitrogens with one attached hydrogen (secondary N) is 2. The predicted octanol–water partition coefficient (Wildman–Crippen LogP) is 1.98. The quantitative estimate of drug-likeness (QED) is 0.793. The minimum absolute atomic E-state index is 0.0996. The molecule has 0 spiro atoms. The second kappa shape index (κ2) is 6.72. The van der Waals surface area contributed by atoms with Crippen molar-refractivity contribution in [2.75, 3.05) is 5.32 Å².